The number of non-ortho nitro benzene ring substituents is 1. The van der Waals surface area contributed by atoms with Gasteiger partial charge in [0, 0.05) is 29.7 Å². The van der Waals surface area contributed by atoms with Crippen LogP contribution in [0, 0.1) is 22.0 Å². The number of carbonyl (C=O) groups is 3. The third-order valence-corrected chi connectivity index (χ3v) is 9.66. The van der Waals surface area contributed by atoms with Gasteiger partial charge in [0.15, 0.2) is 0 Å². The summed E-state index contributed by atoms with van der Waals surface area (Å²) in [6, 6.07) is 34.8. The highest BCUT2D eigenvalue weighted by Crippen LogP contribution is 2.63. The lowest BCUT2D eigenvalue weighted by Crippen LogP contribution is -2.54. The predicted octanol–water partition coefficient (Wildman–Crippen LogP) is 5.64. The van der Waals surface area contributed by atoms with Crippen LogP contribution in [0.25, 0.3) is 10.8 Å². The molecule has 2 bridgehead atoms. The van der Waals surface area contributed by atoms with Gasteiger partial charge in [-0.1, -0.05) is 97.1 Å². The number of fused-ring (bicyclic) bond motifs is 1. The summed E-state index contributed by atoms with van der Waals surface area (Å²) in [4.78, 5) is 54.1. The number of nitrogens with zero attached hydrogens (tertiary/aromatic N) is 3. The van der Waals surface area contributed by atoms with E-state index in [9.17, 15) is 24.5 Å². The molecule has 1 heterocycles. The SMILES string of the molecule is O=C(Cc1ccc([N+](=O)[O-])cc1)N/N=C/C12c3ccccc3C(c3ccccc31)C1C(=O)N(c3cccc4ccccc34)C(=O)C12. The van der Waals surface area contributed by atoms with Crippen molar-refractivity contribution >= 4 is 46.1 Å². The van der Waals surface area contributed by atoms with Crippen LogP contribution in [0.5, 0.6) is 0 Å². The van der Waals surface area contributed by atoms with Crippen LogP contribution in [0.2, 0.25) is 0 Å². The van der Waals surface area contributed by atoms with E-state index < -0.39 is 28.1 Å². The van der Waals surface area contributed by atoms with E-state index in [4.69, 9.17) is 0 Å². The summed E-state index contributed by atoms with van der Waals surface area (Å²) in [7, 11) is 0. The molecule has 1 N–H and O–H groups in total. The number of nitrogens with one attached hydrogen (secondary N) is 1. The van der Waals surface area contributed by atoms with Crippen LogP contribution < -0.4 is 10.3 Å². The van der Waals surface area contributed by atoms with E-state index in [-0.39, 0.29) is 29.8 Å². The second-order valence-electron chi connectivity index (χ2n) is 11.9. The van der Waals surface area contributed by atoms with Gasteiger partial charge >= 0.3 is 0 Å². The number of hydrazone groups is 1. The van der Waals surface area contributed by atoms with Gasteiger partial charge in [-0.05, 0) is 39.3 Å². The van der Waals surface area contributed by atoms with Gasteiger partial charge in [0.05, 0.1) is 34.3 Å². The molecule has 2 unspecified atom stereocenters. The van der Waals surface area contributed by atoms with Crippen molar-refractivity contribution in [1.29, 1.82) is 0 Å². The first-order chi connectivity index (χ1) is 22.4. The van der Waals surface area contributed by atoms with Gasteiger partial charge in [-0.25, -0.2) is 10.3 Å². The molecule has 1 fully saturated rings. The molecule has 3 aliphatic carbocycles. The minimum atomic E-state index is -1.13. The molecule has 0 aromatic heterocycles. The Balaban J connectivity index is 1.23. The van der Waals surface area contributed by atoms with Gasteiger partial charge in [-0.2, -0.15) is 5.10 Å². The largest absolute Gasteiger partial charge is 0.274 e. The Morgan fingerprint density at radius 2 is 1.46 bits per heavy atom. The van der Waals surface area contributed by atoms with Gasteiger partial charge in [0.1, 0.15) is 0 Å². The van der Waals surface area contributed by atoms with Gasteiger partial charge < -0.3 is 0 Å². The van der Waals surface area contributed by atoms with Crippen LogP contribution >= 0.6 is 0 Å². The Morgan fingerprint density at radius 1 is 0.826 bits per heavy atom. The molecule has 4 aliphatic rings. The number of benzene rings is 5. The Morgan fingerprint density at radius 3 is 2.15 bits per heavy atom. The maximum Gasteiger partial charge on any atom is 0.269 e. The molecule has 2 atom stereocenters. The third kappa shape index (κ3) is 3.88. The fraction of sp³-hybridized carbons (Fsp3) is 0.135. The van der Waals surface area contributed by atoms with E-state index >= 15 is 0 Å². The number of hydrogen-bond donors (Lipinski definition) is 1. The summed E-state index contributed by atoms with van der Waals surface area (Å²) in [5.74, 6) is -2.75. The lowest BCUT2D eigenvalue weighted by molar-refractivity contribution is -0.384. The van der Waals surface area contributed by atoms with Gasteiger partial charge in [0.25, 0.3) is 5.69 Å². The number of nitro groups is 1. The molecule has 3 amide bonds. The molecule has 224 valence electrons. The van der Waals surface area contributed by atoms with Crippen LogP contribution in [0.1, 0.15) is 33.7 Å². The summed E-state index contributed by atoms with van der Waals surface area (Å²) < 4.78 is 0. The Labute approximate surface area is 263 Å². The lowest BCUT2D eigenvalue weighted by Gasteiger charge is -2.52. The zero-order valence-electron chi connectivity index (χ0n) is 24.4. The number of amides is 3. The standard InChI is InChI=1S/C37H26N4O5/c42-31(20-22-16-18-24(19-17-22)41(45)46)39-38-21-37-28-13-5-3-11-26(28)32(27-12-4-6-14-29(27)37)33-34(37)36(44)40(35(33)43)30-15-7-9-23-8-1-2-10-25(23)30/h1-19,21,32-34H,20H2,(H,39,42)/b38-21+. The topological polar surface area (TPSA) is 122 Å². The average molecular weight is 607 g/mol. The summed E-state index contributed by atoms with van der Waals surface area (Å²) in [5.41, 5.74) is 6.27. The average Bonchev–Trinajstić information content (AvgIpc) is 3.35. The highest BCUT2D eigenvalue weighted by atomic mass is 16.6. The Hall–Kier alpha value is -5.96. The van der Waals surface area contributed by atoms with Crippen molar-refractivity contribution in [3.63, 3.8) is 0 Å². The normalized spacial score (nSPS) is 22.5. The maximum absolute atomic E-state index is 14.7. The predicted molar refractivity (Wildman–Crippen MR) is 172 cm³/mol. The van der Waals surface area contributed by atoms with Gasteiger partial charge in [-0.3, -0.25) is 24.5 Å². The third-order valence-electron chi connectivity index (χ3n) is 9.66. The van der Waals surface area contributed by atoms with Crippen molar-refractivity contribution in [2.75, 3.05) is 4.90 Å². The zero-order valence-corrected chi connectivity index (χ0v) is 24.4. The van der Waals surface area contributed by atoms with E-state index in [0.717, 1.165) is 33.0 Å². The van der Waals surface area contributed by atoms with Crippen LogP contribution in [0.4, 0.5) is 11.4 Å². The maximum atomic E-state index is 14.7. The molecule has 0 spiro atoms. The number of nitro benzene ring substituents is 1. The molecule has 9 rings (SSSR count). The first kappa shape index (κ1) is 27.6. The smallest absolute Gasteiger partial charge is 0.269 e. The van der Waals surface area contributed by atoms with Gasteiger partial charge in [0.2, 0.25) is 17.7 Å². The first-order valence-corrected chi connectivity index (χ1v) is 15.0. The monoisotopic (exact) mass is 606 g/mol. The van der Waals surface area contributed by atoms with Crippen molar-refractivity contribution in [2.24, 2.45) is 16.9 Å². The molecule has 1 saturated heterocycles. The van der Waals surface area contributed by atoms with Gasteiger partial charge in [-0.15, -0.1) is 0 Å². The number of imide groups is 1. The van der Waals surface area contributed by atoms with Crippen LogP contribution in [-0.4, -0.2) is 28.9 Å². The molecule has 9 nitrogen and oxygen atoms in total. The molecular weight excluding hydrogens is 580 g/mol. The fourth-order valence-corrected chi connectivity index (χ4v) is 7.86. The Bertz CT molecular complexity index is 2090. The van der Waals surface area contributed by atoms with E-state index in [0.29, 0.717) is 11.3 Å². The van der Waals surface area contributed by atoms with E-state index in [1.165, 1.54) is 29.2 Å². The minimum Gasteiger partial charge on any atom is -0.274 e. The summed E-state index contributed by atoms with van der Waals surface area (Å²) >= 11 is 0. The highest BCUT2D eigenvalue weighted by Gasteiger charge is 2.68. The van der Waals surface area contributed by atoms with Crippen molar-refractivity contribution in [2.45, 2.75) is 17.8 Å². The van der Waals surface area contributed by atoms with Crippen molar-refractivity contribution < 1.29 is 19.3 Å². The molecule has 9 heteroatoms. The molecule has 5 aromatic rings. The van der Waals surface area contributed by atoms with Crippen LogP contribution in [0.15, 0.2) is 120 Å². The summed E-state index contributed by atoms with van der Waals surface area (Å²) in [5, 5.41) is 17.2. The van der Waals surface area contributed by atoms with Crippen LogP contribution in [-0.2, 0) is 26.2 Å². The van der Waals surface area contributed by atoms with Crippen molar-refractivity contribution in [1.82, 2.24) is 5.43 Å². The molecule has 1 aliphatic heterocycles. The number of hydrogen-bond acceptors (Lipinski definition) is 6. The molecule has 0 saturated carbocycles. The zero-order chi connectivity index (χ0) is 31.6. The van der Waals surface area contributed by atoms with Crippen LogP contribution in [0.3, 0.4) is 0 Å². The second-order valence-corrected chi connectivity index (χ2v) is 11.9. The molecule has 0 radical (unpaired) electrons. The summed E-state index contributed by atoms with van der Waals surface area (Å²) in [6.45, 7) is 0. The summed E-state index contributed by atoms with van der Waals surface area (Å²) in [6.07, 6.45) is 1.58. The Kier molecular flexibility index (Phi) is 6.18. The number of rotatable bonds is 6. The second kappa shape index (κ2) is 10.3. The quantitative estimate of drug-likeness (QED) is 0.116. The molecular formula is C37H26N4O5. The molecule has 5 aromatic carbocycles. The minimum absolute atomic E-state index is 0.0457. The number of anilines is 1. The van der Waals surface area contributed by atoms with E-state index in [1.54, 1.807) is 6.21 Å². The lowest BCUT2D eigenvalue weighted by atomic mass is 9.47. The number of carbonyl (C=O) groups excluding carboxylic acids is 3. The van der Waals surface area contributed by atoms with E-state index in [1.807, 2.05) is 91.0 Å². The molecule has 46 heavy (non-hydrogen) atoms. The van der Waals surface area contributed by atoms with Crippen molar-refractivity contribution in [3.05, 3.63) is 153 Å². The first-order valence-electron chi connectivity index (χ1n) is 15.0. The van der Waals surface area contributed by atoms with Crippen molar-refractivity contribution in [3.8, 4) is 0 Å². The highest BCUT2D eigenvalue weighted by molar-refractivity contribution is 6.27. The fourth-order valence-electron chi connectivity index (χ4n) is 7.86. The van der Waals surface area contributed by atoms with E-state index in [2.05, 4.69) is 10.5 Å².